The van der Waals surface area contributed by atoms with Gasteiger partial charge in [-0.2, -0.15) is 0 Å². The van der Waals surface area contributed by atoms with E-state index in [4.69, 9.17) is 27.9 Å². The van der Waals surface area contributed by atoms with E-state index in [1.807, 2.05) is 0 Å². The van der Waals surface area contributed by atoms with Gasteiger partial charge in [0.25, 0.3) is 0 Å². The Morgan fingerprint density at radius 1 is 0.400 bits per heavy atom. The van der Waals surface area contributed by atoms with E-state index >= 15 is 0 Å². The van der Waals surface area contributed by atoms with Crippen LogP contribution in [0.25, 0.3) is 0 Å². The fourth-order valence-corrected chi connectivity index (χ4v) is 0.361. The molecule has 0 N–H and O–H groups in total. The number of hydrogen-bond donors (Lipinski definition) is 0. The summed E-state index contributed by atoms with van der Waals surface area (Å²) in [6.45, 7) is 27.0. The van der Waals surface area contributed by atoms with Crippen molar-refractivity contribution in [3.63, 3.8) is 0 Å². The maximum atomic E-state index is 7.50. The van der Waals surface area contributed by atoms with E-state index in [0.717, 1.165) is 0 Å². The van der Waals surface area contributed by atoms with Gasteiger partial charge in [0.1, 0.15) is 0 Å². The van der Waals surface area contributed by atoms with Crippen molar-refractivity contribution in [3.05, 3.63) is 101 Å². The molecule has 2 rings (SSSR count). The Balaban J connectivity index is -0.0000000174. The molecule has 0 unspecified atom stereocenters. The van der Waals surface area contributed by atoms with Crippen molar-refractivity contribution in [2.24, 2.45) is 0 Å². The fourth-order valence-electron chi connectivity index (χ4n) is 0.361. The summed E-state index contributed by atoms with van der Waals surface area (Å²) in [5.41, 5.74) is 0. The van der Waals surface area contributed by atoms with Crippen LogP contribution in [0.3, 0.4) is 0 Å². The first-order valence-corrected chi connectivity index (χ1v) is 3.88. The molecule has 0 aromatic heterocycles. The molecule has 25 heavy (non-hydrogen) atoms. The number of hydrogen-bond acceptors (Lipinski definition) is 0. The third kappa shape index (κ3) is 124. The van der Waals surface area contributed by atoms with Gasteiger partial charge in [0, 0.05) is 27.7 Å². The average Bonchev–Trinajstić information content (AvgIpc) is 3.43. The average molecular weight is 595 g/mol. The quantitative estimate of drug-likeness (QED) is 0.246. The van der Waals surface area contributed by atoms with Gasteiger partial charge < -0.3 is 60.7 Å². The van der Waals surface area contributed by atoms with E-state index < -0.39 is 0 Å². The Morgan fingerprint density at radius 2 is 0.520 bits per heavy atom. The third-order valence-electron chi connectivity index (χ3n) is 0.702. The molecule has 0 heterocycles. The maximum absolute atomic E-state index is 7.50. The molecule has 0 fully saturated rings. The molecule has 0 saturated carbocycles. The molecule has 0 amide bonds. The summed E-state index contributed by atoms with van der Waals surface area (Å²) < 4.78 is 45.0. The second-order valence-electron chi connectivity index (χ2n) is 1.37. The fraction of sp³-hybridized carbons (Fsp3) is 0. The molecule has 6 nitrogen and oxygen atoms in total. The standard InChI is InChI=1S/2C5H.6CO.2Cr.Hg/c2*1-2-4-5-3-1;6*1-2;;;/h2*1H;;;;;;;;;/q2*-5;;;;;;;2*+5;. The minimum atomic E-state index is 0. The molecular weight excluding hydrogens is 593 g/mol. The molecule has 0 bridgehead atoms. The van der Waals surface area contributed by atoms with Gasteiger partial charge in [0.2, 0.25) is 0 Å². The molecule has 0 atom stereocenters. The smallest absolute Gasteiger partial charge is 0.999 e. The van der Waals surface area contributed by atoms with Crippen molar-refractivity contribution in [1.82, 2.24) is 0 Å². The number of rotatable bonds is 0. The Morgan fingerprint density at radius 3 is 0.560 bits per heavy atom. The Kier molecular flexibility index (Phi) is 306. The van der Waals surface area contributed by atoms with Crippen molar-refractivity contribution in [2.45, 2.75) is 0 Å². The summed E-state index contributed by atoms with van der Waals surface area (Å²) in [5, 5.41) is 0. The van der Waals surface area contributed by atoms with E-state index in [9.17, 15) is 0 Å². The SMILES string of the molecule is [C-]#[O+].[C-]#[O+].[C-]#[O+].[C-]#[O+].[C-]#[O+].[C-]#[O+].[Cr+5].[Cr+5].[Hg].[c-]1[c-][c-][cH-][c-]1.[c-]1[c-][c-][cH-][c-]1. The molecule has 2 radical (unpaired) electrons. The van der Waals surface area contributed by atoms with Gasteiger partial charge >= 0.3 is 103 Å². The second-order valence-corrected chi connectivity index (χ2v) is 1.37. The summed E-state index contributed by atoms with van der Waals surface area (Å²) >= 11 is 0. The summed E-state index contributed by atoms with van der Waals surface area (Å²) in [6.07, 6.45) is 0. The van der Waals surface area contributed by atoms with Crippen LogP contribution in [0.4, 0.5) is 0 Å². The molecule has 2 aromatic rings. The minimum Gasteiger partial charge on any atom is -0.999 e. The molecule has 0 aliphatic heterocycles. The van der Waals surface area contributed by atoms with Crippen LogP contribution >= 0.6 is 0 Å². The monoisotopic (exact) mass is 596 g/mol. The summed E-state index contributed by atoms with van der Waals surface area (Å²) in [4.78, 5) is 0. The van der Waals surface area contributed by atoms with Crippen molar-refractivity contribution < 1.29 is 90.3 Å². The predicted octanol–water partition coefficient (Wildman–Crippen LogP) is 0.980. The molecular formula is C16H2Cr2HgO6. The Bertz CT molecular complexity index is 335. The van der Waals surface area contributed by atoms with Crippen LogP contribution in [-0.4, -0.2) is 0 Å². The van der Waals surface area contributed by atoms with Crippen LogP contribution in [0.15, 0.2) is 12.1 Å². The van der Waals surface area contributed by atoms with Crippen LogP contribution < -0.4 is 0 Å². The Labute approximate surface area is 189 Å². The molecule has 9 heteroatoms. The first-order chi connectivity index (χ1) is 11.0. The van der Waals surface area contributed by atoms with Gasteiger partial charge in [0.15, 0.2) is 0 Å². The zero-order valence-electron chi connectivity index (χ0n) is 12.1. The molecule has 0 aliphatic rings. The summed E-state index contributed by atoms with van der Waals surface area (Å²) in [5.74, 6) is 0. The van der Waals surface area contributed by atoms with Crippen LogP contribution in [-0.2, 0) is 90.3 Å². The van der Waals surface area contributed by atoms with Crippen molar-refractivity contribution in [3.8, 4) is 0 Å². The summed E-state index contributed by atoms with van der Waals surface area (Å²) in [7, 11) is 0. The zero-order chi connectivity index (χ0) is 19.1. The van der Waals surface area contributed by atoms with E-state index in [1.165, 1.54) is 0 Å². The summed E-state index contributed by atoms with van der Waals surface area (Å²) in [6, 6.07) is 24.0. The maximum Gasteiger partial charge on any atom is 5.00 e. The van der Waals surface area contributed by atoms with Crippen molar-refractivity contribution in [2.75, 3.05) is 0 Å². The van der Waals surface area contributed by atoms with Gasteiger partial charge in [-0.25, -0.2) is 0 Å². The van der Waals surface area contributed by atoms with E-state index in [-0.39, 0.29) is 62.4 Å². The Hall–Kier alpha value is -0.860. The van der Waals surface area contributed by atoms with Gasteiger partial charge in [-0.05, 0) is 0 Å². The normalized spacial score (nSPS) is 3.68. The minimum absolute atomic E-state index is 0. The molecule has 0 saturated heterocycles. The second kappa shape index (κ2) is 136. The molecule has 0 aliphatic carbocycles. The van der Waals surface area contributed by atoms with Crippen LogP contribution in [0, 0.1) is 88.4 Å². The first kappa shape index (κ1) is 56.4. The van der Waals surface area contributed by atoms with E-state index in [1.54, 1.807) is 12.1 Å². The van der Waals surface area contributed by atoms with Gasteiger partial charge in [0.05, 0.1) is 0 Å². The van der Waals surface area contributed by atoms with Gasteiger partial charge in [-0.15, -0.1) is 0 Å². The van der Waals surface area contributed by atoms with Gasteiger partial charge in [-0.1, -0.05) is 0 Å². The van der Waals surface area contributed by atoms with Crippen LogP contribution in [0.1, 0.15) is 0 Å². The molecule has 116 valence electrons. The van der Waals surface area contributed by atoms with Crippen LogP contribution in [0.5, 0.6) is 0 Å². The third-order valence-corrected chi connectivity index (χ3v) is 0.702. The zero-order valence-corrected chi connectivity index (χ0v) is 20.2. The molecule has 0 spiro atoms. The van der Waals surface area contributed by atoms with Crippen molar-refractivity contribution >= 4 is 0 Å². The predicted molar refractivity (Wildman–Crippen MR) is 58.3 cm³/mol. The largest absolute Gasteiger partial charge is 5.00 e. The first-order valence-electron chi connectivity index (χ1n) is 3.88. The topological polar surface area (TPSA) is 119 Å². The van der Waals surface area contributed by atoms with Crippen LogP contribution in [0.2, 0.25) is 0 Å². The van der Waals surface area contributed by atoms with Gasteiger partial charge in [-0.3, -0.25) is 0 Å². The van der Waals surface area contributed by atoms with E-state index in [2.05, 4.69) is 88.4 Å². The van der Waals surface area contributed by atoms with Crippen molar-refractivity contribution in [1.29, 1.82) is 0 Å². The molecule has 2 aromatic carbocycles. The van der Waals surface area contributed by atoms with E-state index in [0.29, 0.717) is 0 Å².